The molecule has 5 heteroatoms. The minimum Gasteiger partial charge on any atom is -0.341 e. The summed E-state index contributed by atoms with van der Waals surface area (Å²) < 4.78 is 5.11. The van der Waals surface area contributed by atoms with Crippen LogP contribution in [-0.4, -0.2) is 34.0 Å². The first-order chi connectivity index (χ1) is 11.7. The first-order valence-electron chi connectivity index (χ1n) is 8.89. The lowest BCUT2D eigenvalue weighted by Gasteiger charge is -2.35. The van der Waals surface area contributed by atoms with Crippen LogP contribution >= 0.6 is 0 Å². The Hall–Kier alpha value is -2.17. The number of amides is 1. The third-order valence-corrected chi connectivity index (χ3v) is 5.31. The average Bonchev–Trinajstić information content (AvgIpc) is 3.07. The molecule has 0 N–H and O–H groups in total. The summed E-state index contributed by atoms with van der Waals surface area (Å²) in [5.41, 5.74) is 2.57. The lowest BCUT2D eigenvalue weighted by Crippen LogP contribution is -2.42. The minimum absolute atomic E-state index is 0.0145. The Morgan fingerprint density at radius 3 is 2.96 bits per heavy atom. The first kappa shape index (κ1) is 15.4. The third kappa shape index (κ3) is 2.83. The van der Waals surface area contributed by atoms with Crippen LogP contribution in [0.3, 0.4) is 0 Å². The molecule has 1 aliphatic carbocycles. The van der Waals surface area contributed by atoms with E-state index in [9.17, 15) is 4.79 Å². The van der Waals surface area contributed by atoms with Crippen molar-refractivity contribution < 1.29 is 9.32 Å². The molecular weight excluding hydrogens is 302 g/mol. The molecule has 2 atom stereocenters. The largest absolute Gasteiger partial charge is 0.341 e. The van der Waals surface area contributed by atoms with Gasteiger partial charge in [0.15, 0.2) is 5.82 Å². The Kier molecular flexibility index (Phi) is 4.08. The summed E-state index contributed by atoms with van der Waals surface area (Å²) >= 11 is 0. The van der Waals surface area contributed by atoms with Gasteiger partial charge in [0, 0.05) is 25.9 Å². The molecule has 126 valence electrons. The molecule has 1 fully saturated rings. The van der Waals surface area contributed by atoms with Crippen LogP contribution in [0.5, 0.6) is 0 Å². The Bertz CT molecular complexity index is 740. The lowest BCUT2D eigenvalue weighted by molar-refractivity contribution is -0.134. The number of hydrogen-bond donors (Lipinski definition) is 0. The third-order valence-electron chi connectivity index (χ3n) is 5.31. The first-order valence-corrected chi connectivity index (χ1v) is 8.89. The van der Waals surface area contributed by atoms with Gasteiger partial charge < -0.3 is 9.42 Å². The molecule has 2 aromatic rings. The summed E-state index contributed by atoms with van der Waals surface area (Å²) in [6.45, 7) is 3.35. The number of piperidine rings is 1. The Morgan fingerprint density at radius 1 is 1.25 bits per heavy atom. The standard InChI is InChI=1S/C19H23N3O2/c1-13-20-18(21-24-13)15-8-5-11-22(12-15)19(23)17-10-4-7-14-6-2-3-9-16(14)17/h2-3,6,9,15,17H,4-5,7-8,10-12H2,1H3/t15-,17+/m0/s1. The van der Waals surface area contributed by atoms with Crippen LogP contribution in [0.4, 0.5) is 0 Å². The van der Waals surface area contributed by atoms with Gasteiger partial charge in [-0.15, -0.1) is 0 Å². The predicted molar refractivity (Wildman–Crippen MR) is 89.7 cm³/mol. The second-order valence-corrected chi connectivity index (χ2v) is 6.94. The van der Waals surface area contributed by atoms with E-state index in [1.54, 1.807) is 6.92 Å². The molecule has 0 unspecified atom stereocenters. The van der Waals surface area contributed by atoms with Gasteiger partial charge in [0.25, 0.3) is 0 Å². The molecule has 1 aromatic carbocycles. The smallest absolute Gasteiger partial charge is 0.230 e. The Morgan fingerprint density at radius 2 is 2.12 bits per heavy atom. The fourth-order valence-corrected chi connectivity index (χ4v) is 4.10. The van der Waals surface area contributed by atoms with Crippen LogP contribution < -0.4 is 0 Å². The maximum Gasteiger partial charge on any atom is 0.230 e. The number of hydrogen-bond acceptors (Lipinski definition) is 4. The maximum atomic E-state index is 13.2. The van der Waals surface area contributed by atoms with E-state index in [1.807, 2.05) is 11.0 Å². The topological polar surface area (TPSA) is 59.2 Å². The van der Waals surface area contributed by atoms with E-state index in [2.05, 4.69) is 28.3 Å². The number of benzene rings is 1. The second kappa shape index (κ2) is 6.38. The van der Waals surface area contributed by atoms with E-state index in [-0.39, 0.29) is 17.7 Å². The molecule has 2 aliphatic rings. The van der Waals surface area contributed by atoms with E-state index >= 15 is 0 Å². The lowest BCUT2D eigenvalue weighted by atomic mass is 9.81. The summed E-state index contributed by atoms with van der Waals surface area (Å²) in [4.78, 5) is 19.5. The van der Waals surface area contributed by atoms with Crippen LogP contribution in [0.25, 0.3) is 0 Å². The Labute approximate surface area is 142 Å². The molecule has 2 heterocycles. The van der Waals surface area contributed by atoms with Crippen molar-refractivity contribution in [1.82, 2.24) is 15.0 Å². The second-order valence-electron chi connectivity index (χ2n) is 6.94. The van der Waals surface area contributed by atoms with Crippen LogP contribution in [0.1, 0.15) is 60.4 Å². The van der Waals surface area contributed by atoms with Crippen molar-refractivity contribution in [3.63, 3.8) is 0 Å². The zero-order chi connectivity index (χ0) is 16.5. The van der Waals surface area contributed by atoms with E-state index in [1.165, 1.54) is 11.1 Å². The van der Waals surface area contributed by atoms with Gasteiger partial charge in [-0.1, -0.05) is 29.4 Å². The molecule has 0 spiro atoms. The van der Waals surface area contributed by atoms with E-state index in [4.69, 9.17) is 4.52 Å². The average molecular weight is 325 g/mol. The molecule has 4 rings (SSSR count). The van der Waals surface area contributed by atoms with Gasteiger partial charge in [-0.3, -0.25) is 4.79 Å². The van der Waals surface area contributed by atoms with Gasteiger partial charge in [0.2, 0.25) is 11.8 Å². The van der Waals surface area contributed by atoms with Gasteiger partial charge in [-0.2, -0.15) is 4.98 Å². The molecule has 5 nitrogen and oxygen atoms in total. The maximum absolute atomic E-state index is 13.2. The van der Waals surface area contributed by atoms with Gasteiger partial charge in [0.1, 0.15) is 0 Å². The number of fused-ring (bicyclic) bond motifs is 1. The fraction of sp³-hybridized carbons (Fsp3) is 0.526. The molecule has 1 saturated heterocycles. The van der Waals surface area contributed by atoms with Crippen molar-refractivity contribution in [3.05, 3.63) is 47.1 Å². The molecule has 1 amide bonds. The summed E-state index contributed by atoms with van der Waals surface area (Å²) in [6.07, 6.45) is 5.15. The van der Waals surface area contributed by atoms with Crippen LogP contribution in [-0.2, 0) is 11.2 Å². The fourth-order valence-electron chi connectivity index (χ4n) is 4.10. The van der Waals surface area contributed by atoms with Crippen molar-refractivity contribution in [1.29, 1.82) is 0 Å². The zero-order valence-corrected chi connectivity index (χ0v) is 14.1. The van der Waals surface area contributed by atoms with E-state index in [0.717, 1.165) is 44.5 Å². The predicted octanol–water partition coefficient (Wildman–Crippen LogP) is 3.20. The molecule has 24 heavy (non-hydrogen) atoms. The zero-order valence-electron chi connectivity index (χ0n) is 14.1. The molecule has 0 bridgehead atoms. The normalized spacial score (nSPS) is 23.8. The van der Waals surface area contributed by atoms with Gasteiger partial charge >= 0.3 is 0 Å². The Balaban J connectivity index is 1.52. The highest BCUT2D eigenvalue weighted by atomic mass is 16.5. The quantitative estimate of drug-likeness (QED) is 0.851. The number of likely N-dealkylation sites (tertiary alicyclic amines) is 1. The SMILES string of the molecule is Cc1nc([C@H]2CCCN(C(=O)[C@@H]3CCCc4ccccc43)C2)no1. The highest BCUT2D eigenvalue weighted by Gasteiger charge is 2.33. The number of carbonyl (C=O) groups is 1. The van der Waals surface area contributed by atoms with Gasteiger partial charge in [-0.05, 0) is 43.2 Å². The number of aromatic nitrogens is 2. The summed E-state index contributed by atoms with van der Waals surface area (Å²) in [5.74, 6) is 1.82. The summed E-state index contributed by atoms with van der Waals surface area (Å²) in [7, 11) is 0. The molecule has 0 saturated carbocycles. The molecule has 1 aromatic heterocycles. The van der Waals surface area contributed by atoms with E-state index < -0.39 is 0 Å². The van der Waals surface area contributed by atoms with Crippen LogP contribution in [0, 0.1) is 6.92 Å². The number of aryl methyl sites for hydroxylation is 2. The molecular formula is C19H23N3O2. The summed E-state index contributed by atoms with van der Waals surface area (Å²) in [6, 6.07) is 8.41. The highest BCUT2D eigenvalue weighted by Crippen LogP contribution is 2.34. The van der Waals surface area contributed by atoms with Crippen molar-refractivity contribution in [3.8, 4) is 0 Å². The van der Waals surface area contributed by atoms with Crippen molar-refractivity contribution in [2.45, 2.75) is 50.9 Å². The van der Waals surface area contributed by atoms with Crippen LogP contribution in [0.15, 0.2) is 28.8 Å². The number of carbonyl (C=O) groups excluding carboxylic acids is 1. The van der Waals surface area contributed by atoms with Crippen molar-refractivity contribution in [2.24, 2.45) is 0 Å². The molecule has 0 radical (unpaired) electrons. The monoisotopic (exact) mass is 325 g/mol. The minimum atomic E-state index is 0.0145. The van der Waals surface area contributed by atoms with Crippen molar-refractivity contribution >= 4 is 5.91 Å². The summed E-state index contributed by atoms with van der Waals surface area (Å²) in [5, 5.41) is 4.06. The number of rotatable bonds is 2. The molecule has 1 aliphatic heterocycles. The highest BCUT2D eigenvalue weighted by molar-refractivity contribution is 5.84. The van der Waals surface area contributed by atoms with Crippen LogP contribution in [0.2, 0.25) is 0 Å². The van der Waals surface area contributed by atoms with Crippen molar-refractivity contribution in [2.75, 3.05) is 13.1 Å². The van der Waals surface area contributed by atoms with Gasteiger partial charge in [0.05, 0.1) is 5.92 Å². The van der Waals surface area contributed by atoms with E-state index in [0.29, 0.717) is 12.4 Å². The number of nitrogens with zero attached hydrogens (tertiary/aromatic N) is 3. The van der Waals surface area contributed by atoms with Gasteiger partial charge in [-0.25, -0.2) is 0 Å².